The first kappa shape index (κ1) is 45.6. The molecule has 0 rings (SSSR count). The van der Waals surface area contributed by atoms with Gasteiger partial charge in [-0.2, -0.15) is 0 Å². The van der Waals surface area contributed by atoms with E-state index in [0.29, 0.717) is 11.8 Å². The van der Waals surface area contributed by atoms with Crippen LogP contribution in [0.5, 0.6) is 0 Å². The third-order valence-corrected chi connectivity index (χ3v) is 10.9. The first-order chi connectivity index (χ1) is 22.3. The molecule has 0 aliphatic heterocycles. The Morgan fingerprint density at radius 2 is 0.913 bits per heavy atom. The number of rotatable bonds is 36. The summed E-state index contributed by atoms with van der Waals surface area (Å²) in [6, 6.07) is 0. The normalized spacial score (nSPS) is 13.4. The monoisotopic (exact) mass is 738 g/mol. The Balaban J connectivity index is 4.11. The van der Waals surface area contributed by atoms with Crippen molar-refractivity contribution in [3.63, 3.8) is 0 Å². The highest BCUT2D eigenvalue weighted by molar-refractivity contribution is 9.09. The topological polar surface area (TPSA) is 99.1 Å². The summed E-state index contributed by atoms with van der Waals surface area (Å²) >= 11 is 3.15. The number of carbonyl (C=O) groups is 2. The number of ether oxygens (including phenoxy) is 2. The fraction of sp³-hybridized carbons (Fsp3) is 0.946. The first-order valence-corrected chi connectivity index (χ1v) is 22.1. The molecule has 0 spiro atoms. The lowest BCUT2D eigenvalue weighted by molar-refractivity contribution is -0.161. The first-order valence-electron chi connectivity index (χ1n) is 19.2. The van der Waals surface area contributed by atoms with Crippen LogP contribution in [-0.4, -0.2) is 47.6 Å². The minimum atomic E-state index is -3.81. The van der Waals surface area contributed by atoms with E-state index >= 15 is 0 Å². The molecule has 9 heteroatoms. The molecule has 0 aliphatic carbocycles. The summed E-state index contributed by atoms with van der Waals surface area (Å²) in [7, 11) is -3.81. The van der Waals surface area contributed by atoms with Crippen LogP contribution in [-0.2, 0) is 28.2 Å². The molecule has 0 aliphatic rings. The van der Waals surface area contributed by atoms with Gasteiger partial charge in [0.1, 0.15) is 6.61 Å². The minimum Gasteiger partial charge on any atom is -0.462 e. The molecule has 0 saturated heterocycles. The van der Waals surface area contributed by atoms with Gasteiger partial charge >= 0.3 is 19.5 Å². The van der Waals surface area contributed by atoms with Crippen molar-refractivity contribution in [2.75, 3.05) is 24.7 Å². The van der Waals surface area contributed by atoms with E-state index < -0.39 is 19.7 Å². The second-order valence-corrected chi connectivity index (χ2v) is 15.9. The van der Waals surface area contributed by atoms with Crippen molar-refractivity contribution in [2.45, 2.75) is 200 Å². The minimum absolute atomic E-state index is 0.0501. The molecule has 7 nitrogen and oxygen atoms in total. The lowest BCUT2D eigenvalue weighted by atomic mass is 10.0. The smallest absolute Gasteiger partial charge is 0.329 e. The van der Waals surface area contributed by atoms with Crippen molar-refractivity contribution in [2.24, 2.45) is 0 Å². The highest BCUT2D eigenvalue weighted by atomic mass is 79.9. The lowest BCUT2D eigenvalue weighted by Crippen LogP contribution is -2.29. The van der Waals surface area contributed by atoms with E-state index in [2.05, 4.69) is 29.8 Å². The summed E-state index contributed by atoms with van der Waals surface area (Å²) in [5.41, 5.74) is 0. The molecule has 2 atom stereocenters. The molecule has 0 radical (unpaired) electrons. The number of carbonyl (C=O) groups excluding carboxylic acids is 2. The molecule has 0 aromatic carbocycles. The average molecular weight is 740 g/mol. The van der Waals surface area contributed by atoms with Gasteiger partial charge in [0, 0.05) is 18.2 Å². The number of alkyl halides is 1. The molecule has 274 valence electrons. The molecule has 46 heavy (non-hydrogen) atoms. The number of hydrogen-bond donors (Lipinski definition) is 1. The van der Waals surface area contributed by atoms with Crippen LogP contribution < -0.4 is 0 Å². The summed E-state index contributed by atoms with van der Waals surface area (Å²) in [4.78, 5) is 34.8. The quantitative estimate of drug-likeness (QED) is 0.0295. The molecule has 0 aromatic heterocycles. The SMILES string of the molecule is CCCCCCCCCCCCCCCC(=O)OC[C@H](COP(=O)(O)CCBr)OC(=O)CCCCCCCCCCCCCCC. The van der Waals surface area contributed by atoms with Gasteiger partial charge < -0.3 is 18.9 Å². The van der Waals surface area contributed by atoms with E-state index in [1.54, 1.807) is 0 Å². The molecular formula is C37H72BrO7P. The van der Waals surface area contributed by atoms with Crippen LogP contribution in [0.4, 0.5) is 0 Å². The second-order valence-electron chi connectivity index (χ2n) is 13.1. The number of halogens is 1. The van der Waals surface area contributed by atoms with Crippen LogP contribution in [0.1, 0.15) is 194 Å². The Labute approximate surface area is 292 Å². The van der Waals surface area contributed by atoms with E-state index in [-0.39, 0.29) is 31.8 Å². The van der Waals surface area contributed by atoms with Crippen LogP contribution in [0.2, 0.25) is 0 Å². The number of unbranched alkanes of at least 4 members (excludes halogenated alkanes) is 24. The van der Waals surface area contributed by atoms with Crippen molar-refractivity contribution < 1.29 is 33.0 Å². The van der Waals surface area contributed by atoms with Crippen LogP contribution in [0.25, 0.3) is 0 Å². The molecule has 0 saturated carbocycles. The van der Waals surface area contributed by atoms with Crippen molar-refractivity contribution in [1.29, 1.82) is 0 Å². The predicted octanol–water partition coefficient (Wildman–Crippen LogP) is 12.0. The maximum Gasteiger partial charge on any atom is 0.329 e. The second kappa shape index (κ2) is 34.4. The summed E-state index contributed by atoms with van der Waals surface area (Å²) in [5, 5.41) is 0.318. The van der Waals surface area contributed by atoms with Gasteiger partial charge in [0.15, 0.2) is 6.10 Å². The number of esters is 2. The molecule has 1 unspecified atom stereocenters. The zero-order valence-corrected chi connectivity index (χ0v) is 32.4. The van der Waals surface area contributed by atoms with Crippen molar-refractivity contribution >= 4 is 35.5 Å². The van der Waals surface area contributed by atoms with Crippen molar-refractivity contribution in [3.05, 3.63) is 0 Å². The van der Waals surface area contributed by atoms with Crippen LogP contribution in [0.3, 0.4) is 0 Å². The van der Waals surface area contributed by atoms with Gasteiger partial charge in [0.05, 0.1) is 12.8 Å². The predicted molar refractivity (Wildman–Crippen MR) is 196 cm³/mol. The standard InChI is InChI=1S/C37H72BrO7P/c1-3-5-7-9-11-13-15-17-19-21-23-25-27-29-36(39)43-33-35(34-44-46(41,42)32-31-38)45-37(40)30-28-26-24-22-20-18-16-14-12-10-8-6-4-2/h35H,3-34H2,1-2H3,(H,41,42)/t35-/m1/s1. The maximum absolute atomic E-state index is 12.5. The molecular weight excluding hydrogens is 667 g/mol. The molecule has 0 heterocycles. The van der Waals surface area contributed by atoms with Gasteiger partial charge in [-0.15, -0.1) is 0 Å². The summed E-state index contributed by atoms with van der Waals surface area (Å²) in [6.45, 7) is 4.05. The zero-order valence-electron chi connectivity index (χ0n) is 29.9. The Kier molecular flexibility index (Phi) is 34.1. The van der Waals surface area contributed by atoms with E-state index in [1.807, 2.05) is 0 Å². The van der Waals surface area contributed by atoms with Crippen LogP contribution in [0, 0.1) is 0 Å². The Hall–Kier alpha value is -0.430. The molecule has 0 aromatic rings. The van der Waals surface area contributed by atoms with Gasteiger partial charge in [0.25, 0.3) is 0 Å². The van der Waals surface area contributed by atoms with Crippen LogP contribution in [0.15, 0.2) is 0 Å². The zero-order chi connectivity index (χ0) is 34.0. The highest BCUT2D eigenvalue weighted by Gasteiger charge is 2.24. The van der Waals surface area contributed by atoms with Gasteiger partial charge in [-0.25, -0.2) is 0 Å². The molecule has 0 bridgehead atoms. The number of hydrogen-bond acceptors (Lipinski definition) is 6. The summed E-state index contributed by atoms with van der Waals surface area (Å²) in [5.74, 6) is -0.731. The molecule has 0 amide bonds. The third-order valence-electron chi connectivity index (χ3n) is 8.53. The van der Waals surface area contributed by atoms with Crippen LogP contribution >= 0.6 is 23.5 Å². The van der Waals surface area contributed by atoms with E-state index in [4.69, 9.17) is 14.0 Å². The largest absolute Gasteiger partial charge is 0.462 e. The lowest BCUT2D eigenvalue weighted by Gasteiger charge is -2.20. The average Bonchev–Trinajstić information content (AvgIpc) is 3.03. The van der Waals surface area contributed by atoms with E-state index in [1.165, 1.54) is 128 Å². The highest BCUT2D eigenvalue weighted by Crippen LogP contribution is 2.42. The fourth-order valence-electron chi connectivity index (χ4n) is 5.56. The van der Waals surface area contributed by atoms with Gasteiger partial charge in [-0.1, -0.05) is 184 Å². The fourth-order valence-corrected chi connectivity index (χ4v) is 7.65. The maximum atomic E-state index is 12.5. The van der Waals surface area contributed by atoms with Crippen molar-refractivity contribution in [1.82, 2.24) is 0 Å². The Morgan fingerprint density at radius 1 is 0.565 bits per heavy atom. The Bertz CT molecular complexity index is 737. The summed E-state index contributed by atoms with van der Waals surface area (Å²) < 4.78 is 28.2. The molecule has 1 N–H and O–H groups in total. The van der Waals surface area contributed by atoms with Gasteiger partial charge in [-0.3, -0.25) is 14.2 Å². The van der Waals surface area contributed by atoms with Crippen molar-refractivity contribution in [3.8, 4) is 0 Å². The van der Waals surface area contributed by atoms with E-state index in [0.717, 1.165) is 38.5 Å². The molecule has 0 fully saturated rings. The third kappa shape index (κ3) is 33.5. The Morgan fingerprint density at radius 3 is 1.28 bits per heavy atom. The van der Waals surface area contributed by atoms with Gasteiger partial charge in [0.2, 0.25) is 0 Å². The van der Waals surface area contributed by atoms with Gasteiger partial charge in [-0.05, 0) is 12.8 Å². The van der Waals surface area contributed by atoms with E-state index in [9.17, 15) is 19.0 Å². The summed E-state index contributed by atoms with van der Waals surface area (Å²) in [6.07, 6.45) is 31.7.